The Hall–Kier alpha value is -5.35. The van der Waals surface area contributed by atoms with E-state index in [0.717, 1.165) is 29.9 Å². The van der Waals surface area contributed by atoms with E-state index in [9.17, 15) is 9.18 Å². The van der Waals surface area contributed by atoms with Crippen molar-refractivity contribution in [2.24, 2.45) is 0 Å². The summed E-state index contributed by atoms with van der Waals surface area (Å²) in [6.45, 7) is 4.64. The number of carbonyl (C=O) groups excluding carboxylic acids is 1. The van der Waals surface area contributed by atoms with Crippen LogP contribution in [0.3, 0.4) is 0 Å². The summed E-state index contributed by atoms with van der Waals surface area (Å²) in [6.07, 6.45) is 1.29. The Kier molecular flexibility index (Phi) is 9.69. The molecule has 2 aliphatic rings. The molecule has 0 fully saturated rings. The van der Waals surface area contributed by atoms with Crippen LogP contribution in [0.15, 0.2) is 96.6 Å². The minimum Gasteiger partial charge on any atom is -0.494 e. The first-order valence-corrected chi connectivity index (χ1v) is 17.4. The maximum absolute atomic E-state index is 15.0. The molecule has 8 nitrogen and oxygen atoms in total. The molecule has 2 aliphatic heterocycles. The van der Waals surface area contributed by atoms with Gasteiger partial charge in [0.25, 0.3) is 0 Å². The lowest BCUT2D eigenvalue weighted by Crippen LogP contribution is -2.15. The van der Waals surface area contributed by atoms with Crippen LogP contribution in [0.4, 0.5) is 15.8 Å². The molecule has 5 aromatic carbocycles. The predicted molar refractivity (Wildman–Crippen MR) is 200 cm³/mol. The largest absolute Gasteiger partial charge is 0.494 e. The standard InChI is InChI=1S/C41H38FN2O6S/c1-24(2)49-40-36(47-4)20-25(21-37(40)48-5)19-31-38(41(45)50-39(31)29-14-16-35(46-3)32(42)22-29)28-13-15-34-33(23-28)43-51-44(34)18-17-27-11-8-10-26-9-6-7-12-30(26)27/h6-16,20-24,43H,17-19H2,1-5H3. The minimum atomic E-state index is -0.563. The van der Waals surface area contributed by atoms with Gasteiger partial charge in [0.1, 0.15) is 0 Å². The van der Waals surface area contributed by atoms with E-state index in [1.165, 1.54) is 47.7 Å². The quantitative estimate of drug-likeness (QED) is 0.101. The molecular formula is C41H38FN2O6S. The van der Waals surface area contributed by atoms with Gasteiger partial charge in [-0.3, -0.25) is 4.31 Å². The number of esters is 1. The Bertz CT molecular complexity index is 2120. The first kappa shape index (κ1) is 34.1. The molecular weight excluding hydrogens is 668 g/mol. The zero-order chi connectivity index (χ0) is 35.6. The first-order valence-electron chi connectivity index (χ1n) is 16.7. The fourth-order valence-corrected chi connectivity index (χ4v) is 7.39. The molecule has 0 bridgehead atoms. The van der Waals surface area contributed by atoms with Crippen LogP contribution in [-0.4, -0.2) is 39.9 Å². The van der Waals surface area contributed by atoms with Crippen LogP contribution in [0.2, 0.25) is 0 Å². The Balaban J connectivity index is 1.25. The fourth-order valence-electron chi connectivity index (χ4n) is 6.58. The number of halogens is 1. The van der Waals surface area contributed by atoms with Crippen LogP contribution in [-0.2, 0) is 22.4 Å². The van der Waals surface area contributed by atoms with Crippen LogP contribution in [0.5, 0.6) is 23.0 Å². The normalized spacial score (nSPS) is 14.2. The van der Waals surface area contributed by atoms with Crippen molar-refractivity contribution < 1.29 is 32.9 Å². The zero-order valence-corrected chi connectivity index (χ0v) is 29.9. The highest BCUT2D eigenvalue weighted by Gasteiger charge is 2.38. The van der Waals surface area contributed by atoms with Gasteiger partial charge in [-0.05, 0) is 90.6 Å². The summed E-state index contributed by atoms with van der Waals surface area (Å²) in [4.78, 5) is 13.8. The summed E-state index contributed by atoms with van der Waals surface area (Å²) in [5.74, 6) is 0.479. The van der Waals surface area contributed by atoms with Crippen molar-refractivity contribution in [1.29, 1.82) is 0 Å². The number of hydrogen-bond donors (Lipinski definition) is 1. The Morgan fingerprint density at radius 1 is 0.843 bits per heavy atom. The summed E-state index contributed by atoms with van der Waals surface area (Å²) in [6, 6.07) is 29.0. The molecule has 1 N–H and O–H groups in total. The number of methoxy groups -OCH3 is 3. The molecule has 7 rings (SSSR count). The molecule has 0 aromatic heterocycles. The zero-order valence-electron chi connectivity index (χ0n) is 29.0. The Labute approximate surface area is 301 Å². The molecule has 0 amide bonds. The van der Waals surface area contributed by atoms with Crippen LogP contribution in [0, 0.1) is 11.9 Å². The van der Waals surface area contributed by atoms with Gasteiger partial charge in [-0.25, -0.2) is 9.18 Å². The van der Waals surface area contributed by atoms with Gasteiger partial charge in [-0.1, -0.05) is 54.6 Å². The van der Waals surface area contributed by atoms with E-state index in [-0.39, 0.29) is 24.4 Å². The van der Waals surface area contributed by atoms with Crippen LogP contribution < -0.4 is 28.0 Å². The highest BCUT2D eigenvalue weighted by atomic mass is 32.2. The van der Waals surface area contributed by atoms with Gasteiger partial charge in [-0.2, -0.15) is 0 Å². The van der Waals surface area contributed by atoms with Crippen LogP contribution >= 0.6 is 12.1 Å². The smallest absolute Gasteiger partial charge is 0.340 e. The molecule has 2 heterocycles. The molecule has 1 radical (unpaired) electrons. The number of anilines is 2. The van der Waals surface area contributed by atoms with E-state index in [1.807, 2.05) is 44.2 Å². The van der Waals surface area contributed by atoms with Crippen molar-refractivity contribution in [3.8, 4) is 23.0 Å². The molecule has 261 valence electrons. The molecule has 10 heteroatoms. The van der Waals surface area contributed by atoms with Gasteiger partial charge in [0.15, 0.2) is 23.1 Å². The van der Waals surface area contributed by atoms with Gasteiger partial charge in [0.2, 0.25) is 11.9 Å². The number of ether oxygens (including phenoxy) is 5. The van der Waals surface area contributed by atoms with Gasteiger partial charge < -0.3 is 28.4 Å². The Morgan fingerprint density at radius 2 is 1.57 bits per heavy atom. The van der Waals surface area contributed by atoms with Gasteiger partial charge in [0, 0.05) is 17.7 Å². The van der Waals surface area contributed by atoms with Gasteiger partial charge in [-0.15, -0.1) is 0 Å². The van der Waals surface area contributed by atoms with E-state index in [2.05, 4.69) is 51.5 Å². The number of fused-ring (bicyclic) bond motifs is 2. The molecule has 51 heavy (non-hydrogen) atoms. The second-order valence-electron chi connectivity index (χ2n) is 12.5. The third kappa shape index (κ3) is 6.76. The lowest BCUT2D eigenvalue weighted by atomic mass is 9.90. The van der Waals surface area contributed by atoms with Crippen molar-refractivity contribution in [3.05, 3.63) is 131 Å². The molecule has 0 saturated heterocycles. The molecule has 5 aromatic rings. The highest BCUT2D eigenvalue weighted by Crippen LogP contribution is 2.47. The molecule has 0 saturated carbocycles. The van der Waals surface area contributed by atoms with Crippen LogP contribution in [0.25, 0.3) is 16.3 Å². The van der Waals surface area contributed by atoms with Gasteiger partial charge in [0.05, 0.1) is 56.5 Å². The molecule has 0 atom stereocenters. The number of rotatable bonds is 12. The average Bonchev–Trinajstić information content (AvgIpc) is 3.69. The third-order valence-corrected chi connectivity index (χ3v) is 9.84. The summed E-state index contributed by atoms with van der Waals surface area (Å²) in [5, 5.41) is 2.48. The van der Waals surface area contributed by atoms with E-state index >= 15 is 0 Å². The number of benzene rings is 5. The number of hydrogen-bond acceptors (Lipinski definition) is 9. The number of nitrogens with zero attached hydrogens (tertiary/aromatic N) is 1. The maximum Gasteiger partial charge on any atom is 0.340 e. The average molecular weight is 706 g/mol. The van der Waals surface area contributed by atoms with Crippen LogP contribution in [0.1, 0.15) is 36.1 Å². The molecule has 0 spiro atoms. The monoisotopic (exact) mass is 705 g/mol. The van der Waals surface area contributed by atoms with Crippen molar-refractivity contribution in [2.45, 2.75) is 32.8 Å². The number of cyclic esters (lactones) is 1. The fraction of sp³-hybridized carbons (Fsp3) is 0.220. The maximum atomic E-state index is 15.0. The highest BCUT2D eigenvalue weighted by molar-refractivity contribution is 8.02. The van der Waals surface area contributed by atoms with Crippen molar-refractivity contribution in [1.82, 2.24) is 0 Å². The second kappa shape index (κ2) is 14.5. The second-order valence-corrected chi connectivity index (χ2v) is 13.3. The van der Waals surface area contributed by atoms with E-state index in [4.69, 9.17) is 23.7 Å². The predicted octanol–water partition coefficient (Wildman–Crippen LogP) is 8.96. The first-order chi connectivity index (χ1) is 24.8. The van der Waals surface area contributed by atoms with E-state index in [0.29, 0.717) is 39.5 Å². The minimum absolute atomic E-state index is 0.0943. The Morgan fingerprint density at radius 3 is 2.29 bits per heavy atom. The van der Waals surface area contributed by atoms with Crippen molar-refractivity contribution >= 4 is 45.8 Å². The number of nitrogens with one attached hydrogen (secondary N) is 1. The van der Waals surface area contributed by atoms with Gasteiger partial charge >= 0.3 is 5.97 Å². The number of carbonyl (C=O) groups is 1. The lowest BCUT2D eigenvalue weighted by molar-refractivity contribution is -0.133. The third-order valence-electron chi connectivity index (χ3n) is 8.93. The summed E-state index contributed by atoms with van der Waals surface area (Å²) < 4.78 is 49.2. The summed E-state index contributed by atoms with van der Waals surface area (Å²) in [7, 11) is 4.54. The SMILES string of the molecule is COc1ccc([C]2OC(=O)C(c3ccc4c(c3)NSN4CCc3cccc4ccccc34)=C2Cc2cc(OC)c(OC(C)C)c(OC)c2)cc1F. The topological polar surface area (TPSA) is 78.5 Å². The summed E-state index contributed by atoms with van der Waals surface area (Å²) in [5.41, 5.74) is 6.07. The van der Waals surface area contributed by atoms with E-state index < -0.39 is 11.8 Å². The summed E-state index contributed by atoms with van der Waals surface area (Å²) >= 11 is 1.52. The van der Waals surface area contributed by atoms with Crippen molar-refractivity contribution in [2.75, 3.05) is 36.9 Å². The molecule has 0 unspecified atom stereocenters. The van der Waals surface area contributed by atoms with Crippen molar-refractivity contribution in [3.63, 3.8) is 0 Å². The van der Waals surface area contributed by atoms with E-state index in [1.54, 1.807) is 20.3 Å². The molecule has 0 aliphatic carbocycles. The lowest BCUT2D eigenvalue weighted by Gasteiger charge is -2.19.